The Morgan fingerprint density at radius 1 is 1.00 bits per heavy atom. The maximum absolute atomic E-state index is 5.65. The van der Waals surface area contributed by atoms with Crippen LogP contribution in [0.4, 0.5) is 0 Å². The molecule has 0 unspecified atom stereocenters. The summed E-state index contributed by atoms with van der Waals surface area (Å²) in [6, 6.07) is 16.0. The van der Waals surface area contributed by atoms with Gasteiger partial charge in [-0.15, -0.1) is 10.2 Å². The second-order valence-corrected chi connectivity index (χ2v) is 7.52. The van der Waals surface area contributed by atoms with E-state index in [-0.39, 0.29) is 0 Å². The zero-order valence-electron chi connectivity index (χ0n) is 16.6. The molecule has 0 fully saturated rings. The van der Waals surface area contributed by atoms with Crippen LogP contribution in [0.1, 0.15) is 18.2 Å². The Labute approximate surface area is 174 Å². The van der Waals surface area contributed by atoms with Gasteiger partial charge in [0, 0.05) is 23.4 Å². The number of rotatable bonds is 7. The van der Waals surface area contributed by atoms with E-state index in [1.54, 1.807) is 25.1 Å². The zero-order chi connectivity index (χ0) is 20.2. The van der Waals surface area contributed by atoms with E-state index in [1.165, 1.54) is 5.56 Å². The van der Waals surface area contributed by atoms with Crippen LogP contribution in [0.5, 0.6) is 5.75 Å². The third kappa shape index (κ3) is 4.19. The molecule has 0 radical (unpaired) electrons. The molecule has 0 N–H and O–H groups in total. The Bertz CT molecular complexity index is 1080. The van der Waals surface area contributed by atoms with E-state index in [0.717, 1.165) is 40.1 Å². The van der Waals surface area contributed by atoms with Gasteiger partial charge in [-0.25, -0.2) is 4.98 Å². The first-order valence-corrected chi connectivity index (χ1v) is 10.4. The molecule has 0 spiro atoms. The lowest BCUT2D eigenvalue weighted by Gasteiger charge is -2.07. The smallest absolute Gasteiger partial charge is 0.226 e. The van der Waals surface area contributed by atoms with Gasteiger partial charge in [-0.3, -0.25) is 0 Å². The van der Waals surface area contributed by atoms with Crippen LogP contribution in [-0.4, -0.2) is 26.9 Å². The molecule has 6 nitrogen and oxygen atoms in total. The van der Waals surface area contributed by atoms with Crippen molar-refractivity contribution in [2.45, 2.75) is 31.3 Å². The number of thioether (sulfide) groups is 1. The van der Waals surface area contributed by atoms with Crippen molar-refractivity contribution < 1.29 is 9.15 Å². The molecule has 0 saturated heterocycles. The van der Waals surface area contributed by atoms with Crippen molar-refractivity contribution in [3.8, 4) is 28.6 Å². The molecule has 0 aliphatic heterocycles. The first-order chi connectivity index (χ1) is 14.2. The van der Waals surface area contributed by atoms with Crippen LogP contribution in [0, 0.1) is 6.92 Å². The highest BCUT2D eigenvalue weighted by Gasteiger charge is 2.15. The summed E-state index contributed by atoms with van der Waals surface area (Å²) in [5.74, 6) is 2.96. The SMILES string of the molecule is CCn1c(SCc2coc(-c3ccc(C)cc3)n2)nnc1-c1ccc(OC)cc1. The number of nitrogens with zero attached hydrogens (tertiary/aromatic N) is 4. The van der Waals surface area contributed by atoms with Gasteiger partial charge in [-0.2, -0.15) is 0 Å². The van der Waals surface area contributed by atoms with Gasteiger partial charge >= 0.3 is 0 Å². The molecule has 0 saturated carbocycles. The molecule has 0 aliphatic rings. The van der Waals surface area contributed by atoms with Gasteiger partial charge in [-0.05, 0) is 50.2 Å². The summed E-state index contributed by atoms with van der Waals surface area (Å²) in [6.45, 7) is 4.93. The Morgan fingerprint density at radius 3 is 2.41 bits per heavy atom. The second-order valence-electron chi connectivity index (χ2n) is 6.58. The summed E-state index contributed by atoms with van der Waals surface area (Å²) in [4.78, 5) is 4.61. The van der Waals surface area contributed by atoms with Crippen LogP contribution in [0.15, 0.2) is 64.4 Å². The summed E-state index contributed by atoms with van der Waals surface area (Å²) in [5.41, 5.74) is 4.07. The van der Waals surface area contributed by atoms with Gasteiger partial charge in [0.25, 0.3) is 0 Å². The van der Waals surface area contributed by atoms with Crippen molar-refractivity contribution in [3.05, 3.63) is 66.1 Å². The molecule has 0 aliphatic carbocycles. The second kappa shape index (κ2) is 8.53. The Morgan fingerprint density at radius 2 is 1.72 bits per heavy atom. The van der Waals surface area contributed by atoms with E-state index in [9.17, 15) is 0 Å². The monoisotopic (exact) mass is 406 g/mol. The number of methoxy groups -OCH3 is 1. The fourth-order valence-electron chi connectivity index (χ4n) is 2.97. The maximum atomic E-state index is 5.65. The first-order valence-electron chi connectivity index (χ1n) is 9.39. The van der Waals surface area contributed by atoms with E-state index in [2.05, 4.69) is 45.7 Å². The highest BCUT2D eigenvalue weighted by atomic mass is 32.2. The van der Waals surface area contributed by atoms with Crippen molar-refractivity contribution in [1.82, 2.24) is 19.7 Å². The minimum atomic E-state index is 0.636. The number of aryl methyl sites for hydroxylation is 1. The van der Waals surface area contributed by atoms with E-state index < -0.39 is 0 Å². The molecule has 2 heterocycles. The summed E-state index contributed by atoms with van der Waals surface area (Å²) < 4.78 is 13.0. The minimum absolute atomic E-state index is 0.636. The molecular weight excluding hydrogens is 384 g/mol. The molecule has 7 heteroatoms. The third-order valence-corrected chi connectivity index (χ3v) is 5.58. The van der Waals surface area contributed by atoms with Crippen LogP contribution in [0.25, 0.3) is 22.8 Å². The molecule has 0 atom stereocenters. The topological polar surface area (TPSA) is 66.0 Å². The van der Waals surface area contributed by atoms with Crippen LogP contribution >= 0.6 is 11.8 Å². The molecule has 4 aromatic rings. The third-order valence-electron chi connectivity index (χ3n) is 4.58. The summed E-state index contributed by atoms with van der Waals surface area (Å²) in [7, 11) is 1.66. The maximum Gasteiger partial charge on any atom is 0.226 e. The highest BCUT2D eigenvalue weighted by molar-refractivity contribution is 7.98. The lowest BCUT2D eigenvalue weighted by molar-refractivity contribution is 0.415. The fraction of sp³-hybridized carbons (Fsp3) is 0.227. The van der Waals surface area contributed by atoms with Gasteiger partial charge in [0.2, 0.25) is 5.89 Å². The van der Waals surface area contributed by atoms with E-state index in [4.69, 9.17) is 9.15 Å². The Kier molecular flexibility index (Phi) is 5.67. The Balaban J connectivity index is 1.49. The van der Waals surface area contributed by atoms with E-state index >= 15 is 0 Å². The molecule has 2 aromatic heterocycles. The van der Waals surface area contributed by atoms with Gasteiger partial charge in [0.1, 0.15) is 12.0 Å². The molecular formula is C22H22N4O2S. The number of oxazole rings is 1. The van der Waals surface area contributed by atoms with E-state index in [0.29, 0.717) is 11.6 Å². The molecule has 29 heavy (non-hydrogen) atoms. The van der Waals surface area contributed by atoms with Crippen LogP contribution < -0.4 is 4.74 Å². The quantitative estimate of drug-likeness (QED) is 0.392. The van der Waals surface area contributed by atoms with Gasteiger partial charge in [0.05, 0.1) is 12.8 Å². The van der Waals surface area contributed by atoms with Crippen LogP contribution in [0.3, 0.4) is 0 Å². The highest BCUT2D eigenvalue weighted by Crippen LogP contribution is 2.28. The number of aromatic nitrogens is 4. The first kappa shape index (κ1) is 19.3. The summed E-state index contributed by atoms with van der Waals surface area (Å²) >= 11 is 1.60. The van der Waals surface area contributed by atoms with Crippen LogP contribution in [0.2, 0.25) is 0 Å². The van der Waals surface area contributed by atoms with Gasteiger partial charge in [-0.1, -0.05) is 29.5 Å². The summed E-state index contributed by atoms with van der Waals surface area (Å²) in [5, 5.41) is 9.63. The molecule has 4 rings (SSSR count). The number of hydrogen-bond donors (Lipinski definition) is 0. The van der Waals surface area contributed by atoms with Gasteiger partial charge in [0.15, 0.2) is 11.0 Å². The average Bonchev–Trinajstić information content (AvgIpc) is 3.39. The normalized spacial score (nSPS) is 11.0. The predicted molar refractivity (Wildman–Crippen MR) is 114 cm³/mol. The predicted octanol–water partition coefficient (Wildman–Crippen LogP) is 5.23. The van der Waals surface area contributed by atoms with Gasteiger partial charge < -0.3 is 13.7 Å². The van der Waals surface area contributed by atoms with Crippen molar-refractivity contribution >= 4 is 11.8 Å². The lowest BCUT2D eigenvalue weighted by atomic mass is 10.1. The molecule has 148 valence electrons. The summed E-state index contributed by atoms with van der Waals surface area (Å²) in [6.07, 6.45) is 1.71. The van der Waals surface area contributed by atoms with Crippen LogP contribution in [-0.2, 0) is 12.3 Å². The van der Waals surface area contributed by atoms with E-state index in [1.807, 2.05) is 36.4 Å². The number of benzene rings is 2. The lowest BCUT2D eigenvalue weighted by Crippen LogP contribution is -2.00. The number of hydrogen-bond acceptors (Lipinski definition) is 6. The average molecular weight is 407 g/mol. The molecule has 0 amide bonds. The standard InChI is InChI=1S/C22H22N4O2S/c1-4-26-20(16-9-11-19(27-3)12-10-16)24-25-22(26)29-14-18-13-28-21(23-18)17-7-5-15(2)6-8-17/h5-13H,4,14H2,1-3H3. The minimum Gasteiger partial charge on any atom is -0.497 e. The molecule has 0 bridgehead atoms. The van der Waals surface area contributed by atoms with Crippen molar-refractivity contribution in [2.24, 2.45) is 0 Å². The number of ether oxygens (including phenoxy) is 1. The van der Waals surface area contributed by atoms with Crippen molar-refractivity contribution in [3.63, 3.8) is 0 Å². The van der Waals surface area contributed by atoms with Crippen molar-refractivity contribution in [2.75, 3.05) is 7.11 Å². The largest absolute Gasteiger partial charge is 0.497 e. The zero-order valence-corrected chi connectivity index (χ0v) is 17.4. The molecule has 2 aromatic carbocycles. The fourth-order valence-corrected chi connectivity index (χ4v) is 3.85. The van der Waals surface area contributed by atoms with Crippen molar-refractivity contribution in [1.29, 1.82) is 0 Å². The Hall–Kier alpha value is -3.06.